The summed E-state index contributed by atoms with van der Waals surface area (Å²) in [5.41, 5.74) is 1.24. The van der Waals surface area contributed by atoms with E-state index in [9.17, 15) is 4.79 Å². The van der Waals surface area contributed by atoms with Gasteiger partial charge in [0.2, 0.25) is 0 Å². The molecule has 0 radical (unpaired) electrons. The normalized spacial score (nSPS) is 10.3. The summed E-state index contributed by atoms with van der Waals surface area (Å²) in [6.07, 6.45) is 1.39. The van der Waals surface area contributed by atoms with Crippen LogP contribution in [-0.2, 0) is 6.42 Å². The summed E-state index contributed by atoms with van der Waals surface area (Å²) in [6, 6.07) is 3.87. The van der Waals surface area contributed by atoms with E-state index in [2.05, 4.69) is 11.4 Å². The van der Waals surface area contributed by atoms with Crippen molar-refractivity contribution in [1.82, 2.24) is 0 Å². The van der Waals surface area contributed by atoms with E-state index in [1.165, 1.54) is 16.9 Å². The summed E-state index contributed by atoms with van der Waals surface area (Å²) >= 11 is 3.11. The fraction of sp³-hybridized carbons (Fsp3) is 0.250. The second-order valence-electron chi connectivity index (χ2n) is 3.41. The fourth-order valence-electron chi connectivity index (χ4n) is 1.39. The number of hydrogen-bond donors (Lipinski definition) is 0. The highest BCUT2D eigenvalue weighted by molar-refractivity contribution is 7.12. The van der Waals surface area contributed by atoms with E-state index < -0.39 is 0 Å². The van der Waals surface area contributed by atoms with E-state index >= 15 is 0 Å². The number of aryl methyl sites for hydroxylation is 1. The van der Waals surface area contributed by atoms with Crippen LogP contribution in [0.2, 0.25) is 0 Å². The third-order valence-electron chi connectivity index (χ3n) is 2.31. The van der Waals surface area contributed by atoms with Gasteiger partial charge in [-0.25, -0.2) is 0 Å². The average molecular weight is 252 g/mol. The summed E-state index contributed by atoms with van der Waals surface area (Å²) in [6.45, 7) is 0. The maximum atomic E-state index is 11.8. The van der Waals surface area contributed by atoms with Crippen molar-refractivity contribution in [2.24, 2.45) is 0 Å². The molecule has 2 rings (SSSR count). The molecule has 0 saturated heterocycles. The molecular weight excluding hydrogens is 240 g/mol. The monoisotopic (exact) mass is 252 g/mol. The summed E-state index contributed by atoms with van der Waals surface area (Å²) in [5.74, 6) is 0.961. The van der Waals surface area contributed by atoms with Gasteiger partial charge in [0, 0.05) is 17.9 Å². The number of thiophene rings is 2. The minimum atomic E-state index is 0.194. The first kappa shape index (κ1) is 11.4. The Hall–Kier alpha value is -1.13. The minimum Gasteiger partial charge on any atom is -0.496 e. The molecule has 2 aromatic rings. The predicted octanol–water partition coefficient (Wildman–Crippen LogP) is 3.63. The van der Waals surface area contributed by atoms with Crippen molar-refractivity contribution < 1.29 is 9.53 Å². The lowest BCUT2D eigenvalue weighted by molar-refractivity contribution is 0.0986. The largest absolute Gasteiger partial charge is 0.496 e. The van der Waals surface area contributed by atoms with Gasteiger partial charge in [-0.3, -0.25) is 4.79 Å². The average Bonchev–Trinajstić information content (AvgIpc) is 2.96. The summed E-state index contributed by atoms with van der Waals surface area (Å²) < 4.78 is 5.06. The van der Waals surface area contributed by atoms with E-state index in [1.54, 1.807) is 24.5 Å². The molecule has 2 heterocycles. The van der Waals surface area contributed by atoms with Gasteiger partial charge in [-0.2, -0.15) is 11.3 Å². The molecule has 0 aromatic carbocycles. The molecule has 0 fully saturated rings. The second kappa shape index (κ2) is 5.27. The van der Waals surface area contributed by atoms with Crippen LogP contribution < -0.4 is 4.74 Å². The first-order chi connectivity index (χ1) is 7.79. The van der Waals surface area contributed by atoms with Crippen molar-refractivity contribution in [1.29, 1.82) is 0 Å². The van der Waals surface area contributed by atoms with Crippen LogP contribution in [0, 0.1) is 0 Å². The standard InChI is InChI=1S/C12H12O2S2/c1-14-10-6-12(16-8-10)11(13)3-2-9-4-5-15-7-9/h4-8H,2-3H2,1H3. The smallest absolute Gasteiger partial charge is 0.173 e. The lowest BCUT2D eigenvalue weighted by Crippen LogP contribution is -1.97. The Morgan fingerprint density at radius 1 is 1.44 bits per heavy atom. The van der Waals surface area contributed by atoms with Crippen LogP contribution in [0.3, 0.4) is 0 Å². The molecule has 0 bridgehead atoms. The van der Waals surface area contributed by atoms with Crippen LogP contribution in [0.5, 0.6) is 5.75 Å². The number of carbonyl (C=O) groups is 1. The molecule has 84 valence electrons. The molecule has 0 aliphatic carbocycles. The van der Waals surface area contributed by atoms with Crippen molar-refractivity contribution in [3.05, 3.63) is 38.7 Å². The van der Waals surface area contributed by atoms with E-state index in [4.69, 9.17) is 4.74 Å². The molecule has 0 aliphatic rings. The molecule has 0 N–H and O–H groups in total. The quantitative estimate of drug-likeness (QED) is 0.759. The third kappa shape index (κ3) is 2.71. The Morgan fingerprint density at radius 2 is 2.31 bits per heavy atom. The fourth-order valence-corrected chi connectivity index (χ4v) is 2.92. The van der Waals surface area contributed by atoms with Crippen molar-refractivity contribution in [2.75, 3.05) is 7.11 Å². The highest BCUT2D eigenvalue weighted by Crippen LogP contribution is 2.23. The van der Waals surface area contributed by atoms with Gasteiger partial charge in [-0.05, 0) is 28.8 Å². The van der Waals surface area contributed by atoms with E-state index in [-0.39, 0.29) is 5.78 Å². The number of ketones is 1. The SMILES string of the molecule is COc1csc(C(=O)CCc2ccsc2)c1. The molecule has 0 amide bonds. The number of Topliss-reactive ketones (excluding diaryl/α,β-unsaturated/α-hetero) is 1. The zero-order valence-electron chi connectivity index (χ0n) is 8.93. The Kier molecular flexibility index (Phi) is 3.74. The Balaban J connectivity index is 1.93. The Morgan fingerprint density at radius 3 is 2.94 bits per heavy atom. The number of hydrogen-bond acceptors (Lipinski definition) is 4. The van der Waals surface area contributed by atoms with Crippen LogP contribution in [0.15, 0.2) is 28.3 Å². The maximum absolute atomic E-state index is 11.8. The molecule has 0 atom stereocenters. The summed E-state index contributed by atoms with van der Waals surface area (Å²) in [4.78, 5) is 12.6. The lowest BCUT2D eigenvalue weighted by Gasteiger charge is -1.96. The van der Waals surface area contributed by atoms with Crippen LogP contribution in [-0.4, -0.2) is 12.9 Å². The Labute approximate surface area is 103 Å². The van der Waals surface area contributed by atoms with Crippen molar-refractivity contribution in [2.45, 2.75) is 12.8 Å². The van der Waals surface area contributed by atoms with Gasteiger partial charge in [0.1, 0.15) is 5.75 Å². The second-order valence-corrected chi connectivity index (χ2v) is 5.10. The summed E-state index contributed by atoms with van der Waals surface area (Å²) in [5, 5.41) is 5.98. The van der Waals surface area contributed by atoms with Gasteiger partial charge >= 0.3 is 0 Å². The van der Waals surface area contributed by atoms with Crippen LogP contribution in [0.1, 0.15) is 21.7 Å². The van der Waals surface area contributed by atoms with Crippen molar-refractivity contribution >= 4 is 28.5 Å². The Bertz CT molecular complexity index is 457. The first-order valence-electron chi connectivity index (χ1n) is 4.96. The first-order valence-corrected chi connectivity index (χ1v) is 6.78. The van der Waals surface area contributed by atoms with Gasteiger partial charge in [0.15, 0.2) is 5.78 Å². The molecule has 2 nitrogen and oxygen atoms in total. The van der Waals surface area contributed by atoms with Crippen LogP contribution in [0.4, 0.5) is 0 Å². The van der Waals surface area contributed by atoms with Gasteiger partial charge < -0.3 is 4.74 Å². The topological polar surface area (TPSA) is 26.3 Å². The zero-order valence-corrected chi connectivity index (χ0v) is 10.6. The van der Waals surface area contributed by atoms with E-state index in [1.807, 2.05) is 10.8 Å². The third-order valence-corrected chi connectivity index (χ3v) is 3.99. The van der Waals surface area contributed by atoms with Gasteiger partial charge in [0.25, 0.3) is 0 Å². The lowest BCUT2D eigenvalue weighted by atomic mass is 10.1. The van der Waals surface area contributed by atoms with Crippen LogP contribution >= 0.6 is 22.7 Å². The van der Waals surface area contributed by atoms with Crippen LogP contribution in [0.25, 0.3) is 0 Å². The maximum Gasteiger partial charge on any atom is 0.173 e. The zero-order chi connectivity index (χ0) is 11.4. The molecule has 0 saturated carbocycles. The van der Waals surface area contributed by atoms with Crippen molar-refractivity contribution in [3.63, 3.8) is 0 Å². The molecule has 0 unspecified atom stereocenters. The highest BCUT2D eigenvalue weighted by atomic mass is 32.1. The number of methoxy groups -OCH3 is 1. The molecular formula is C12H12O2S2. The predicted molar refractivity (Wildman–Crippen MR) is 67.8 cm³/mol. The molecule has 16 heavy (non-hydrogen) atoms. The number of carbonyl (C=O) groups excluding carboxylic acids is 1. The number of ether oxygens (including phenoxy) is 1. The van der Waals surface area contributed by atoms with Gasteiger partial charge in [-0.1, -0.05) is 0 Å². The molecule has 0 aliphatic heterocycles. The van der Waals surface area contributed by atoms with Gasteiger partial charge in [-0.15, -0.1) is 11.3 Å². The number of rotatable bonds is 5. The minimum absolute atomic E-state index is 0.194. The summed E-state index contributed by atoms with van der Waals surface area (Å²) in [7, 11) is 1.61. The van der Waals surface area contributed by atoms with E-state index in [0.717, 1.165) is 17.0 Å². The van der Waals surface area contributed by atoms with Gasteiger partial charge in [0.05, 0.1) is 12.0 Å². The molecule has 0 spiro atoms. The molecule has 2 aromatic heterocycles. The highest BCUT2D eigenvalue weighted by Gasteiger charge is 2.09. The van der Waals surface area contributed by atoms with E-state index in [0.29, 0.717) is 6.42 Å². The van der Waals surface area contributed by atoms with Crippen molar-refractivity contribution in [3.8, 4) is 5.75 Å². The molecule has 4 heteroatoms.